The number of aryl methyl sites for hydroxylation is 2. The number of pyridine rings is 1. The lowest BCUT2D eigenvalue weighted by molar-refractivity contribution is 0.107. The summed E-state index contributed by atoms with van der Waals surface area (Å²) in [4.78, 5) is 12.6. The maximum Gasteiger partial charge on any atom is 0.0752 e. The normalized spacial score (nSPS) is 22.8. The molecule has 0 radical (unpaired) electrons. The Labute approximate surface area is 151 Å². The van der Waals surface area contributed by atoms with E-state index in [1.807, 2.05) is 0 Å². The molecule has 0 spiro atoms. The van der Waals surface area contributed by atoms with Crippen molar-refractivity contribution in [2.24, 2.45) is 0 Å². The van der Waals surface area contributed by atoms with Crippen molar-refractivity contribution < 1.29 is 0 Å². The number of hydrogen-bond acceptors (Lipinski definition) is 4. The van der Waals surface area contributed by atoms with Crippen LogP contribution in [-0.4, -0.2) is 66.6 Å². The number of aromatic nitrogens is 1. The molecule has 2 saturated heterocycles. The molecule has 4 rings (SSSR count). The van der Waals surface area contributed by atoms with Crippen LogP contribution in [0.25, 0.3) is 10.9 Å². The Bertz CT molecular complexity index is 749. The molecule has 25 heavy (non-hydrogen) atoms. The second-order valence-electron chi connectivity index (χ2n) is 7.62. The zero-order valence-corrected chi connectivity index (χ0v) is 15.8. The van der Waals surface area contributed by atoms with Crippen LogP contribution in [0.5, 0.6) is 0 Å². The largest absolute Gasteiger partial charge is 0.369 e. The summed E-state index contributed by atoms with van der Waals surface area (Å²) in [6.07, 6.45) is 3.33. The Hall–Kier alpha value is -1.65. The zero-order valence-electron chi connectivity index (χ0n) is 15.8. The fourth-order valence-corrected chi connectivity index (χ4v) is 4.56. The molecule has 134 valence electrons. The van der Waals surface area contributed by atoms with E-state index in [2.05, 4.69) is 59.9 Å². The molecule has 2 aliphatic heterocycles. The molecule has 1 unspecified atom stereocenters. The quantitative estimate of drug-likeness (QED) is 0.858. The number of nitrogens with zero attached hydrogens (tertiary/aromatic N) is 4. The predicted molar refractivity (Wildman–Crippen MR) is 106 cm³/mol. The van der Waals surface area contributed by atoms with Crippen LogP contribution >= 0.6 is 0 Å². The Morgan fingerprint density at radius 1 is 1.04 bits per heavy atom. The third-order valence-electron chi connectivity index (χ3n) is 6.10. The maximum atomic E-state index is 4.70. The van der Waals surface area contributed by atoms with Crippen molar-refractivity contribution in [3.63, 3.8) is 0 Å². The van der Waals surface area contributed by atoms with Crippen molar-refractivity contribution in [1.82, 2.24) is 14.8 Å². The van der Waals surface area contributed by atoms with Gasteiger partial charge in [-0.2, -0.15) is 0 Å². The number of fused-ring (bicyclic) bond motifs is 1. The molecule has 0 N–H and O–H groups in total. The fraction of sp³-hybridized carbons (Fsp3) is 0.571. The van der Waals surface area contributed by atoms with E-state index in [9.17, 15) is 0 Å². The molecule has 0 bridgehead atoms. The van der Waals surface area contributed by atoms with Gasteiger partial charge in [-0.15, -0.1) is 0 Å². The first-order chi connectivity index (χ1) is 12.2. The van der Waals surface area contributed by atoms with Crippen molar-refractivity contribution in [2.75, 3.05) is 50.7 Å². The van der Waals surface area contributed by atoms with E-state index in [1.54, 1.807) is 0 Å². The lowest BCUT2D eigenvalue weighted by atomic mass is 10.1. The van der Waals surface area contributed by atoms with Crippen LogP contribution < -0.4 is 4.90 Å². The van der Waals surface area contributed by atoms with Crippen LogP contribution in [0.15, 0.2) is 24.4 Å². The van der Waals surface area contributed by atoms with E-state index >= 15 is 0 Å². The van der Waals surface area contributed by atoms with Gasteiger partial charge in [-0.05, 0) is 37.9 Å². The molecule has 2 fully saturated rings. The van der Waals surface area contributed by atoms with Gasteiger partial charge >= 0.3 is 0 Å². The highest BCUT2D eigenvalue weighted by Crippen LogP contribution is 2.33. The average molecular weight is 338 g/mol. The van der Waals surface area contributed by atoms with Gasteiger partial charge < -0.3 is 9.80 Å². The van der Waals surface area contributed by atoms with Crippen molar-refractivity contribution in [1.29, 1.82) is 0 Å². The van der Waals surface area contributed by atoms with Crippen molar-refractivity contribution in [3.8, 4) is 0 Å². The molecule has 0 amide bonds. The van der Waals surface area contributed by atoms with Gasteiger partial charge in [0.25, 0.3) is 0 Å². The minimum absolute atomic E-state index is 0.700. The summed E-state index contributed by atoms with van der Waals surface area (Å²) in [5.41, 5.74) is 5.13. The minimum Gasteiger partial charge on any atom is -0.369 e. The van der Waals surface area contributed by atoms with E-state index in [0.717, 1.165) is 18.6 Å². The monoisotopic (exact) mass is 338 g/mol. The van der Waals surface area contributed by atoms with E-state index in [-0.39, 0.29) is 0 Å². The maximum absolute atomic E-state index is 4.70. The summed E-state index contributed by atoms with van der Waals surface area (Å²) in [6, 6.07) is 7.27. The van der Waals surface area contributed by atoms with E-state index in [1.165, 1.54) is 61.3 Å². The zero-order chi connectivity index (χ0) is 17.4. The predicted octanol–water partition coefficient (Wildman–Crippen LogP) is 3.07. The van der Waals surface area contributed by atoms with Gasteiger partial charge in [-0.25, -0.2) is 0 Å². The Balaban J connectivity index is 1.55. The summed E-state index contributed by atoms with van der Waals surface area (Å²) in [5.74, 6) is 0. The number of hydrogen-bond donors (Lipinski definition) is 0. The number of rotatable bonds is 3. The number of piperazine rings is 1. The lowest BCUT2D eigenvalue weighted by Crippen LogP contribution is -2.50. The topological polar surface area (TPSA) is 22.6 Å². The summed E-state index contributed by atoms with van der Waals surface area (Å²) in [6.45, 7) is 15.0. The van der Waals surface area contributed by atoms with Crippen molar-refractivity contribution in [3.05, 3.63) is 35.5 Å². The molecular formula is C21H30N4. The Kier molecular flexibility index (Phi) is 4.65. The highest BCUT2D eigenvalue weighted by Gasteiger charge is 2.31. The van der Waals surface area contributed by atoms with Gasteiger partial charge in [0.05, 0.1) is 11.2 Å². The van der Waals surface area contributed by atoms with Crippen LogP contribution in [0.2, 0.25) is 0 Å². The Morgan fingerprint density at radius 3 is 2.60 bits per heavy atom. The standard InChI is InChI=1S/C21H30N4/c1-4-23-10-12-24(13-11-23)18-8-9-25(15-18)21-17(3)14-22-20-16(2)6-5-7-19(20)21/h5-7,14,18H,4,8-13,15H2,1-3H3. The fourth-order valence-electron chi connectivity index (χ4n) is 4.56. The SMILES string of the molecule is CCN1CCN(C2CCN(c3c(C)cnc4c(C)cccc34)C2)CC1. The molecule has 4 nitrogen and oxygen atoms in total. The minimum atomic E-state index is 0.700. The molecular weight excluding hydrogens is 308 g/mol. The highest BCUT2D eigenvalue weighted by atomic mass is 15.3. The molecule has 3 heterocycles. The first-order valence-corrected chi connectivity index (χ1v) is 9.73. The molecule has 2 aromatic rings. The van der Waals surface area contributed by atoms with Crippen LogP contribution in [0.3, 0.4) is 0 Å². The van der Waals surface area contributed by atoms with Crippen LogP contribution in [0.1, 0.15) is 24.5 Å². The number of anilines is 1. The van der Waals surface area contributed by atoms with Crippen LogP contribution in [0, 0.1) is 13.8 Å². The number of para-hydroxylation sites is 1. The van der Waals surface area contributed by atoms with Gasteiger partial charge in [0, 0.05) is 56.9 Å². The smallest absolute Gasteiger partial charge is 0.0752 e. The van der Waals surface area contributed by atoms with Gasteiger partial charge in [0.2, 0.25) is 0 Å². The van der Waals surface area contributed by atoms with Crippen molar-refractivity contribution in [2.45, 2.75) is 33.2 Å². The van der Waals surface area contributed by atoms with E-state index < -0.39 is 0 Å². The number of likely N-dealkylation sites (N-methyl/N-ethyl adjacent to an activating group) is 1. The van der Waals surface area contributed by atoms with Gasteiger partial charge in [0.1, 0.15) is 0 Å². The summed E-state index contributed by atoms with van der Waals surface area (Å²) < 4.78 is 0. The Morgan fingerprint density at radius 2 is 1.84 bits per heavy atom. The van der Waals surface area contributed by atoms with E-state index in [4.69, 9.17) is 4.98 Å². The average Bonchev–Trinajstić information content (AvgIpc) is 3.11. The van der Waals surface area contributed by atoms with Crippen LogP contribution in [-0.2, 0) is 0 Å². The van der Waals surface area contributed by atoms with Gasteiger partial charge in [-0.1, -0.05) is 25.1 Å². The van der Waals surface area contributed by atoms with Gasteiger partial charge in [-0.3, -0.25) is 9.88 Å². The molecule has 2 aliphatic rings. The first kappa shape index (κ1) is 16.8. The second-order valence-corrected chi connectivity index (χ2v) is 7.62. The summed E-state index contributed by atoms with van der Waals surface area (Å²) in [7, 11) is 0. The third kappa shape index (κ3) is 3.13. The highest BCUT2D eigenvalue weighted by molar-refractivity contribution is 5.95. The van der Waals surface area contributed by atoms with E-state index in [0.29, 0.717) is 6.04 Å². The molecule has 1 aromatic carbocycles. The molecule has 0 saturated carbocycles. The molecule has 0 aliphatic carbocycles. The second kappa shape index (κ2) is 6.93. The molecule has 1 atom stereocenters. The summed E-state index contributed by atoms with van der Waals surface area (Å²) >= 11 is 0. The lowest BCUT2D eigenvalue weighted by Gasteiger charge is -2.37. The number of benzene rings is 1. The summed E-state index contributed by atoms with van der Waals surface area (Å²) in [5, 5.41) is 1.32. The van der Waals surface area contributed by atoms with Crippen LogP contribution in [0.4, 0.5) is 5.69 Å². The van der Waals surface area contributed by atoms with Gasteiger partial charge in [0.15, 0.2) is 0 Å². The van der Waals surface area contributed by atoms with Crippen molar-refractivity contribution >= 4 is 16.6 Å². The molecule has 4 heteroatoms. The third-order valence-corrected chi connectivity index (χ3v) is 6.10. The molecule has 1 aromatic heterocycles. The first-order valence-electron chi connectivity index (χ1n) is 9.73.